The quantitative estimate of drug-likeness (QED) is 0.0562. The molecule has 1 aliphatic rings. The van der Waals surface area contributed by atoms with Crippen LogP contribution in [0.5, 0.6) is 6.01 Å². The molecule has 0 bridgehead atoms. The number of methoxy groups -OCH3 is 1. The molecule has 20 heteroatoms. The summed E-state index contributed by atoms with van der Waals surface area (Å²) in [6, 6.07) is 25.3. The van der Waals surface area contributed by atoms with Crippen LogP contribution in [0.1, 0.15) is 39.1 Å². The second kappa shape index (κ2) is 18.5. The number of carbonyl (C=O) groups is 5. The van der Waals surface area contributed by atoms with Crippen LogP contribution in [0, 0.1) is 0 Å². The third kappa shape index (κ3) is 11.7. The maximum absolute atomic E-state index is 13.2. The van der Waals surface area contributed by atoms with Crippen LogP contribution < -0.4 is 36.6 Å². The average molecular weight is 846 g/mol. The lowest BCUT2D eigenvalue weighted by atomic mass is 10.1. The van der Waals surface area contributed by atoms with Crippen LogP contribution in [0.25, 0.3) is 0 Å². The summed E-state index contributed by atoms with van der Waals surface area (Å²) in [7, 11) is 1.07. The van der Waals surface area contributed by atoms with Gasteiger partial charge in [-0.05, 0) is 85.1 Å². The topological polar surface area (TPSA) is 215 Å². The lowest BCUT2D eigenvalue weighted by molar-refractivity contribution is -0.154. The zero-order valence-electron chi connectivity index (χ0n) is 31.4. The highest BCUT2D eigenvalue weighted by molar-refractivity contribution is 6.39. The molecule has 0 aliphatic heterocycles. The fourth-order valence-corrected chi connectivity index (χ4v) is 5.74. The number of rotatable bonds is 15. The summed E-state index contributed by atoms with van der Waals surface area (Å²) < 4.78 is 48.6. The minimum absolute atomic E-state index is 0.0516. The number of ether oxygens (including phenoxy) is 2. The predicted molar refractivity (Wildman–Crippen MR) is 213 cm³/mol. The predicted octanol–water partition coefficient (Wildman–Crippen LogP) is 5.59. The van der Waals surface area contributed by atoms with E-state index < -0.39 is 66.5 Å². The van der Waals surface area contributed by atoms with Gasteiger partial charge in [-0.25, -0.2) is 4.79 Å². The van der Waals surface area contributed by atoms with Gasteiger partial charge in [0.1, 0.15) is 6.04 Å². The van der Waals surface area contributed by atoms with E-state index in [0.29, 0.717) is 29.2 Å². The first kappa shape index (κ1) is 42.3. The van der Waals surface area contributed by atoms with E-state index in [-0.39, 0.29) is 28.7 Å². The number of amides is 4. The van der Waals surface area contributed by atoms with E-state index >= 15 is 0 Å². The molecule has 0 radical (unpaired) electrons. The van der Waals surface area contributed by atoms with Crippen LogP contribution in [-0.2, 0) is 24.7 Å². The molecule has 0 unspecified atom stereocenters. The number of benzene rings is 4. The summed E-state index contributed by atoms with van der Waals surface area (Å²) in [6.45, 7) is -2.17. The van der Waals surface area contributed by atoms with E-state index in [1.165, 1.54) is 48.5 Å². The SMILES string of the molecule is COC(=O)[C@H](CNC(=O)C(=O)Nc1cccc(C(=O)Nc2ccccc2)c1)NC(=O)c1ccc(Nc2nc(NC3(c4ccc(Cl)cc4)CC3)nc(OCC(F)(F)F)n2)cc1. The van der Waals surface area contributed by atoms with Gasteiger partial charge in [-0.2, -0.15) is 28.1 Å². The van der Waals surface area contributed by atoms with Gasteiger partial charge in [0, 0.05) is 39.8 Å². The van der Waals surface area contributed by atoms with Crippen molar-refractivity contribution in [2.75, 3.05) is 41.5 Å². The van der Waals surface area contributed by atoms with E-state index in [2.05, 4.69) is 46.9 Å². The summed E-state index contributed by atoms with van der Waals surface area (Å²) in [6.07, 6.45) is -3.27. The Morgan fingerprint density at radius 2 is 1.43 bits per heavy atom. The standard InChI is InChI=1S/C40H35ClF3N9O7/c1-59-35(58)30(21-45-33(56)34(57)47-29-9-5-6-24(20-29)32(55)46-27-7-3-2-4-8-27)49-31(54)23-10-16-28(17-11-23)48-36-50-37(52-38(51-36)60-22-40(42,43)44)53-39(18-19-39)25-12-14-26(41)15-13-25/h2-17,20,30H,18-19,21-22H2,1H3,(H,45,56)(H,46,55)(H,47,57)(H,49,54)(H2,48,50,51,52,53)/t30-/m0/s1. The average Bonchev–Trinajstić information content (AvgIpc) is 4.01. The Bertz CT molecular complexity index is 2370. The summed E-state index contributed by atoms with van der Waals surface area (Å²) in [4.78, 5) is 76.0. The molecular weight excluding hydrogens is 811 g/mol. The van der Waals surface area contributed by atoms with Crippen LogP contribution in [0.3, 0.4) is 0 Å². The van der Waals surface area contributed by atoms with Crippen LogP contribution in [0.4, 0.5) is 42.1 Å². The zero-order chi connectivity index (χ0) is 42.9. The minimum atomic E-state index is -4.66. The van der Waals surface area contributed by atoms with Crippen LogP contribution in [-0.4, -0.2) is 77.0 Å². The molecule has 6 N–H and O–H groups in total. The normalized spacial score (nSPS) is 13.2. The van der Waals surface area contributed by atoms with Gasteiger partial charge in [0.2, 0.25) is 11.9 Å². The molecule has 6 rings (SSSR count). The van der Waals surface area contributed by atoms with E-state index in [1.807, 2.05) is 12.1 Å². The third-order valence-electron chi connectivity index (χ3n) is 8.76. The van der Waals surface area contributed by atoms with Crippen molar-refractivity contribution in [1.82, 2.24) is 25.6 Å². The Morgan fingerprint density at radius 1 is 0.750 bits per heavy atom. The van der Waals surface area contributed by atoms with Gasteiger partial charge in [0.15, 0.2) is 6.61 Å². The number of hydrogen-bond donors (Lipinski definition) is 6. The number of carbonyl (C=O) groups excluding carboxylic acids is 5. The second-order valence-electron chi connectivity index (χ2n) is 13.2. The molecule has 4 aromatic carbocycles. The number of aromatic nitrogens is 3. The third-order valence-corrected chi connectivity index (χ3v) is 9.01. The number of hydrogen-bond acceptors (Lipinski definition) is 12. The van der Waals surface area contributed by atoms with Crippen molar-refractivity contribution >= 4 is 70.2 Å². The number of nitrogens with zero attached hydrogens (tertiary/aromatic N) is 3. The van der Waals surface area contributed by atoms with Gasteiger partial charge in [-0.3, -0.25) is 19.2 Å². The summed E-state index contributed by atoms with van der Waals surface area (Å²) >= 11 is 6.03. The zero-order valence-corrected chi connectivity index (χ0v) is 32.2. The maximum Gasteiger partial charge on any atom is 0.422 e. The molecule has 1 fully saturated rings. The van der Waals surface area contributed by atoms with Crippen LogP contribution >= 0.6 is 11.6 Å². The molecule has 0 spiro atoms. The van der Waals surface area contributed by atoms with E-state index in [9.17, 15) is 37.1 Å². The molecule has 310 valence electrons. The van der Waals surface area contributed by atoms with Gasteiger partial charge in [-0.15, -0.1) is 0 Å². The first-order valence-electron chi connectivity index (χ1n) is 18.0. The highest BCUT2D eigenvalue weighted by Crippen LogP contribution is 2.48. The largest absolute Gasteiger partial charge is 0.467 e. The molecular formula is C40H35ClF3N9O7. The van der Waals surface area contributed by atoms with Crippen molar-refractivity contribution in [3.63, 3.8) is 0 Å². The first-order valence-corrected chi connectivity index (χ1v) is 18.4. The van der Waals surface area contributed by atoms with Gasteiger partial charge in [0.05, 0.1) is 12.6 Å². The molecule has 60 heavy (non-hydrogen) atoms. The van der Waals surface area contributed by atoms with Gasteiger partial charge < -0.3 is 41.4 Å². The Balaban J connectivity index is 1.06. The summed E-state index contributed by atoms with van der Waals surface area (Å²) in [5.41, 5.74) is 1.59. The number of para-hydroxylation sites is 1. The smallest absolute Gasteiger partial charge is 0.422 e. The summed E-state index contributed by atoms with van der Waals surface area (Å²) in [5, 5.41) is 16.4. The Morgan fingerprint density at radius 3 is 2.10 bits per heavy atom. The highest BCUT2D eigenvalue weighted by atomic mass is 35.5. The molecule has 4 amide bonds. The maximum atomic E-state index is 13.2. The van der Waals surface area contributed by atoms with E-state index in [4.69, 9.17) is 21.1 Å². The molecule has 16 nitrogen and oxygen atoms in total. The lowest BCUT2D eigenvalue weighted by Crippen LogP contribution is -2.50. The van der Waals surface area contributed by atoms with Crippen molar-refractivity contribution in [1.29, 1.82) is 0 Å². The fraction of sp³-hybridized carbons (Fsp3) is 0.200. The number of alkyl halides is 3. The first-order chi connectivity index (χ1) is 28.7. The minimum Gasteiger partial charge on any atom is -0.467 e. The van der Waals surface area contributed by atoms with Gasteiger partial charge in [-0.1, -0.05) is 48.0 Å². The second-order valence-corrected chi connectivity index (χ2v) is 13.6. The van der Waals surface area contributed by atoms with E-state index in [0.717, 1.165) is 12.7 Å². The van der Waals surface area contributed by atoms with Crippen molar-refractivity contribution in [3.8, 4) is 6.01 Å². The molecule has 1 aliphatic carbocycles. The number of esters is 1. The van der Waals surface area contributed by atoms with Gasteiger partial charge in [0.25, 0.3) is 11.8 Å². The van der Waals surface area contributed by atoms with Crippen LogP contribution in [0.2, 0.25) is 5.02 Å². The van der Waals surface area contributed by atoms with Crippen molar-refractivity contribution in [2.45, 2.75) is 30.6 Å². The fourth-order valence-electron chi connectivity index (χ4n) is 5.61. The van der Waals surface area contributed by atoms with Gasteiger partial charge >= 0.3 is 30.0 Å². The summed E-state index contributed by atoms with van der Waals surface area (Å²) in [5.74, 6) is -4.60. The molecule has 1 saturated carbocycles. The number of nitrogens with one attached hydrogen (secondary N) is 6. The van der Waals surface area contributed by atoms with E-state index in [1.54, 1.807) is 42.5 Å². The lowest BCUT2D eigenvalue weighted by Gasteiger charge is -2.19. The number of halogens is 4. The Hall–Kier alpha value is -7.28. The van der Waals surface area contributed by atoms with Crippen molar-refractivity contribution in [2.24, 2.45) is 0 Å². The Labute approximate surface area is 344 Å². The van der Waals surface area contributed by atoms with Crippen molar-refractivity contribution in [3.05, 3.63) is 125 Å². The number of anilines is 5. The molecule has 0 saturated heterocycles. The Kier molecular flexibility index (Phi) is 13.1. The molecule has 1 atom stereocenters. The molecule has 5 aromatic rings. The van der Waals surface area contributed by atoms with Crippen LogP contribution in [0.15, 0.2) is 103 Å². The molecule has 1 heterocycles. The highest BCUT2D eigenvalue weighted by Gasteiger charge is 2.45. The monoisotopic (exact) mass is 845 g/mol. The molecule has 1 aromatic heterocycles. The van der Waals surface area contributed by atoms with Crippen molar-refractivity contribution < 1.29 is 46.6 Å².